The Morgan fingerprint density at radius 2 is 1.91 bits per heavy atom. The summed E-state index contributed by atoms with van der Waals surface area (Å²) in [6.45, 7) is 11.2. The maximum Gasteiger partial charge on any atom is 0.220 e. The molecule has 3 rings (SSSR count). The number of hydrogen-bond donors (Lipinski definition) is 1. The number of hydrogen-bond acceptors (Lipinski definition) is 2. The molecule has 0 amide bonds. The summed E-state index contributed by atoms with van der Waals surface area (Å²) in [6, 6.07) is 0. The number of allylic oxidation sites excluding steroid dienone is 5. The summed E-state index contributed by atoms with van der Waals surface area (Å²) >= 11 is 0. The van der Waals surface area contributed by atoms with E-state index in [0.717, 1.165) is 24.0 Å². The fourth-order valence-electron chi connectivity index (χ4n) is 5.22. The van der Waals surface area contributed by atoms with E-state index >= 15 is 0 Å². The van der Waals surface area contributed by atoms with Crippen molar-refractivity contribution >= 4 is 5.78 Å². The zero-order chi connectivity index (χ0) is 16.3. The van der Waals surface area contributed by atoms with Gasteiger partial charge in [0.05, 0.1) is 0 Å². The van der Waals surface area contributed by atoms with Gasteiger partial charge in [0.15, 0.2) is 5.76 Å². The molecule has 0 saturated heterocycles. The van der Waals surface area contributed by atoms with Crippen LogP contribution in [0.1, 0.15) is 60.3 Å². The van der Waals surface area contributed by atoms with Gasteiger partial charge in [-0.3, -0.25) is 4.79 Å². The highest BCUT2D eigenvalue weighted by atomic mass is 16.3. The van der Waals surface area contributed by atoms with E-state index in [9.17, 15) is 9.90 Å². The minimum absolute atomic E-state index is 0.0397. The quantitative estimate of drug-likeness (QED) is 0.729. The van der Waals surface area contributed by atoms with Gasteiger partial charge in [-0.2, -0.15) is 0 Å². The van der Waals surface area contributed by atoms with Crippen LogP contribution in [0.3, 0.4) is 0 Å². The Labute approximate surface area is 134 Å². The zero-order valence-electron chi connectivity index (χ0n) is 14.5. The van der Waals surface area contributed by atoms with Crippen LogP contribution in [0.2, 0.25) is 0 Å². The monoisotopic (exact) mass is 300 g/mol. The van der Waals surface area contributed by atoms with Gasteiger partial charge in [-0.05, 0) is 59.2 Å². The molecule has 3 aliphatic carbocycles. The van der Waals surface area contributed by atoms with Gasteiger partial charge in [-0.1, -0.05) is 47.1 Å². The number of rotatable bonds is 1. The number of aliphatic hydroxyl groups is 1. The van der Waals surface area contributed by atoms with Gasteiger partial charge in [-0.15, -0.1) is 0 Å². The first-order valence-corrected chi connectivity index (χ1v) is 8.59. The first kappa shape index (κ1) is 15.6. The van der Waals surface area contributed by atoms with Crippen molar-refractivity contribution in [2.45, 2.75) is 60.3 Å². The van der Waals surface area contributed by atoms with Gasteiger partial charge in [0.1, 0.15) is 0 Å². The lowest BCUT2D eigenvalue weighted by Gasteiger charge is -2.55. The molecular weight excluding hydrogens is 272 g/mol. The highest BCUT2D eigenvalue weighted by Gasteiger charge is 2.51. The normalized spacial score (nSPS) is 34.1. The highest BCUT2D eigenvalue weighted by Crippen LogP contribution is 2.61. The van der Waals surface area contributed by atoms with E-state index in [-0.39, 0.29) is 22.9 Å². The average Bonchev–Trinajstić information content (AvgIpc) is 2.39. The van der Waals surface area contributed by atoms with Crippen molar-refractivity contribution in [1.29, 1.82) is 0 Å². The van der Waals surface area contributed by atoms with Crippen LogP contribution in [0.5, 0.6) is 0 Å². The molecule has 2 nitrogen and oxygen atoms in total. The van der Waals surface area contributed by atoms with E-state index in [4.69, 9.17) is 0 Å². The molecule has 0 unspecified atom stereocenters. The van der Waals surface area contributed by atoms with Crippen LogP contribution in [0, 0.1) is 22.7 Å². The van der Waals surface area contributed by atoms with E-state index in [0.29, 0.717) is 11.3 Å². The third-order valence-electron chi connectivity index (χ3n) is 6.32. The second kappa shape index (κ2) is 4.84. The van der Waals surface area contributed by atoms with Crippen molar-refractivity contribution < 1.29 is 9.90 Å². The molecule has 0 aliphatic heterocycles. The van der Waals surface area contributed by atoms with Crippen molar-refractivity contribution in [3.63, 3.8) is 0 Å². The number of carbonyl (C=O) groups is 1. The molecule has 2 atom stereocenters. The van der Waals surface area contributed by atoms with E-state index in [1.54, 1.807) is 6.08 Å². The summed E-state index contributed by atoms with van der Waals surface area (Å²) in [5.74, 6) is 0.490. The summed E-state index contributed by atoms with van der Waals surface area (Å²) in [5, 5.41) is 10.3. The van der Waals surface area contributed by atoms with E-state index in [1.807, 2.05) is 0 Å². The summed E-state index contributed by atoms with van der Waals surface area (Å²) in [7, 11) is 0. The van der Waals surface area contributed by atoms with Crippen LogP contribution in [0.4, 0.5) is 0 Å². The first-order valence-electron chi connectivity index (χ1n) is 8.59. The Hall–Kier alpha value is -1.31. The standard InChI is InChI=1S/C20H28O2/c1-12(2)17-13-7-8-16-19(3,4)9-6-10-20(16,5)14(13)11-15(21)18(17)22/h7,11-12,16,22H,6,8-10H2,1-5H3/t16-,20+/m0/s1. The Balaban J connectivity index is 2.16. The molecule has 1 N–H and O–H groups in total. The summed E-state index contributed by atoms with van der Waals surface area (Å²) in [5.41, 5.74) is 3.54. The lowest BCUT2D eigenvalue weighted by Crippen LogP contribution is -2.46. The lowest BCUT2D eigenvalue weighted by atomic mass is 9.49. The molecular formula is C20H28O2. The fraction of sp³-hybridized carbons (Fsp3) is 0.650. The molecule has 0 bridgehead atoms. The third-order valence-corrected chi connectivity index (χ3v) is 6.32. The first-order chi connectivity index (χ1) is 10.2. The minimum Gasteiger partial charge on any atom is -0.504 e. The molecule has 0 radical (unpaired) electrons. The van der Waals surface area contributed by atoms with E-state index in [1.165, 1.54) is 18.4 Å². The van der Waals surface area contributed by atoms with Crippen molar-refractivity contribution in [2.75, 3.05) is 0 Å². The summed E-state index contributed by atoms with van der Waals surface area (Å²) < 4.78 is 0. The second-order valence-corrected chi connectivity index (χ2v) is 8.50. The largest absolute Gasteiger partial charge is 0.504 e. The molecule has 22 heavy (non-hydrogen) atoms. The molecule has 0 aromatic rings. The topological polar surface area (TPSA) is 37.3 Å². The smallest absolute Gasteiger partial charge is 0.220 e. The molecule has 0 heterocycles. The SMILES string of the molecule is CC(C)C1=C(O)C(=O)C=C2C1=CC[C@H]1C(C)(C)CCC[C@]21C. The minimum atomic E-state index is -0.207. The lowest BCUT2D eigenvalue weighted by molar-refractivity contribution is -0.114. The predicted octanol–water partition coefficient (Wildman–Crippen LogP) is 5.13. The van der Waals surface area contributed by atoms with Crippen LogP contribution in [0.15, 0.2) is 34.6 Å². The maximum absolute atomic E-state index is 12.3. The average molecular weight is 300 g/mol. The number of fused-ring (bicyclic) bond motifs is 3. The van der Waals surface area contributed by atoms with Crippen LogP contribution < -0.4 is 0 Å². The van der Waals surface area contributed by atoms with Crippen LogP contribution in [-0.2, 0) is 4.79 Å². The second-order valence-electron chi connectivity index (χ2n) is 8.50. The molecule has 0 aromatic carbocycles. The Bertz CT molecular complexity index is 616. The molecule has 0 spiro atoms. The molecule has 120 valence electrons. The maximum atomic E-state index is 12.3. The van der Waals surface area contributed by atoms with Gasteiger partial charge in [0.25, 0.3) is 0 Å². The molecule has 3 aliphatic rings. The van der Waals surface area contributed by atoms with Crippen molar-refractivity contribution in [2.24, 2.45) is 22.7 Å². The number of ketones is 1. The zero-order valence-corrected chi connectivity index (χ0v) is 14.5. The van der Waals surface area contributed by atoms with Gasteiger partial charge < -0.3 is 5.11 Å². The van der Waals surface area contributed by atoms with Gasteiger partial charge in [0.2, 0.25) is 5.78 Å². The Morgan fingerprint density at radius 3 is 2.55 bits per heavy atom. The van der Waals surface area contributed by atoms with Crippen LogP contribution in [-0.4, -0.2) is 10.9 Å². The Morgan fingerprint density at radius 1 is 1.23 bits per heavy atom. The molecule has 0 aromatic heterocycles. The van der Waals surface area contributed by atoms with Gasteiger partial charge in [0, 0.05) is 5.57 Å². The van der Waals surface area contributed by atoms with E-state index in [2.05, 4.69) is 40.7 Å². The van der Waals surface area contributed by atoms with Crippen LogP contribution >= 0.6 is 0 Å². The Kier molecular flexibility index (Phi) is 3.43. The third kappa shape index (κ3) is 2.03. The molecule has 2 heteroatoms. The predicted molar refractivity (Wildman–Crippen MR) is 89.5 cm³/mol. The van der Waals surface area contributed by atoms with Crippen molar-refractivity contribution in [3.8, 4) is 0 Å². The number of aliphatic hydroxyl groups excluding tert-OH is 1. The fourth-order valence-corrected chi connectivity index (χ4v) is 5.22. The number of carbonyl (C=O) groups excluding carboxylic acids is 1. The van der Waals surface area contributed by atoms with Crippen molar-refractivity contribution in [3.05, 3.63) is 34.6 Å². The highest BCUT2D eigenvalue weighted by molar-refractivity contribution is 6.06. The van der Waals surface area contributed by atoms with Gasteiger partial charge >= 0.3 is 0 Å². The van der Waals surface area contributed by atoms with Crippen LogP contribution in [0.25, 0.3) is 0 Å². The molecule has 1 fully saturated rings. The van der Waals surface area contributed by atoms with Crippen molar-refractivity contribution in [1.82, 2.24) is 0 Å². The summed E-state index contributed by atoms with van der Waals surface area (Å²) in [4.78, 5) is 12.3. The van der Waals surface area contributed by atoms with E-state index < -0.39 is 0 Å². The van der Waals surface area contributed by atoms with Gasteiger partial charge in [-0.25, -0.2) is 0 Å². The summed E-state index contributed by atoms with van der Waals surface area (Å²) in [6.07, 6.45) is 8.67. The molecule has 1 saturated carbocycles.